The van der Waals surface area contributed by atoms with Crippen molar-refractivity contribution < 1.29 is 14.7 Å². The van der Waals surface area contributed by atoms with Crippen LogP contribution in [0.5, 0.6) is 0 Å². The van der Waals surface area contributed by atoms with Gasteiger partial charge in [-0.05, 0) is 41.6 Å². The van der Waals surface area contributed by atoms with E-state index >= 15 is 0 Å². The number of aromatic carboxylic acids is 1. The standard InChI is InChI=1S/C19H25N3O3S/c1-3-17(23)20-16-7-6-14(13-15(16)19(24)25)26-12-4-5-18(26)22-10-8-21(2)9-11-22/h4-7,12-13,26H,3,8-11H2,1-2H3,(H,20,23)(H,24,25). The Hall–Kier alpha value is -2.25. The third-order valence-corrected chi connectivity index (χ3v) is 6.89. The van der Waals surface area contributed by atoms with Gasteiger partial charge in [-0.15, -0.1) is 0 Å². The number of benzene rings is 1. The monoisotopic (exact) mass is 375 g/mol. The Labute approximate surface area is 156 Å². The highest BCUT2D eigenvalue weighted by Crippen LogP contribution is 2.50. The molecule has 0 aliphatic carbocycles. The van der Waals surface area contributed by atoms with Crippen LogP contribution in [0.1, 0.15) is 23.7 Å². The maximum Gasteiger partial charge on any atom is 0.337 e. The summed E-state index contributed by atoms with van der Waals surface area (Å²) >= 11 is 0. The summed E-state index contributed by atoms with van der Waals surface area (Å²) in [5.41, 5.74) is 0.501. The number of anilines is 1. The van der Waals surface area contributed by atoms with Crippen LogP contribution in [-0.4, -0.2) is 60.0 Å². The number of hydrogen-bond acceptors (Lipinski definition) is 4. The molecule has 7 heteroatoms. The predicted octanol–water partition coefficient (Wildman–Crippen LogP) is 2.71. The second-order valence-electron chi connectivity index (χ2n) is 6.46. The molecule has 1 amide bonds. The van der Waals surface area contributed by atoms with Crippen LogP contribution >= 0.6 is 10.9 Å². The van der Waals surface area contributed by atoms with Gasteiger partial charge < -0.3 is 20.2 Å². The fourth-order valence-electron chi connectivity index (χ4n) is 3.09. The summed E-state index contributed by atoms with van der Waals surface area (Å²) in [6.07, 6.45) is 4.52. The number of nitrogens with zero attached hydrogens (tertiary/aromatic N) is 2. The molecule has 2 heterocycles. The van der Waals surface area contributed by atoms with Crippen LogP contribution in [0.2, 0.25) is 0 Å². The number of hydrogen-bond donors (Lipinski definition) is 3. The van der Waals surface area contributed by atoms with E-state index in [1.165, 1.54) is 5.03 Å². The minimum absolute atomic E-state index is 0.143. The maximum atomic E-state index is 11.7. The van der Waals surface area contributed by atoms with E-state index in [0.29, 0.717) is 12.1 Å². The zero-order valence-corrected chi connectivity index (χ0v) is 16.0. The maximum absolute atomic E-state index is 11.7. The molecule has 140 valence electrons. The van der Waals surface area contributed by atoms with Crippen molar-refractivity contribution in [1.82, 2.24) is 9.80 Å². The molecule has 0 aromatic heterocycles. The van der Waals surface area contributed by atoms with Crippen molar-refractivity contribution in [1.29, 1.82) is 0 Å². The molecule has 1 aromatic rings. The minimum Gasteiger partial charge on any atom is -0.478 e. The lowest BCUT2D eigenvalue weighted by Gasteiger charge is -2.37. The van der Waals surface area contributed by atoms with Crippen molar-refractivity contribution in [2.45, 2.75) is 18.2 Å². The van der Waals surface area contributed by atoms with Crippen molar-refractivity contribution in [3.8, 4) is 0 Å². The Kier molecular flexibility index (Phi) is 5.68. The van der Waals surface area contributed by atoms with E-state index in [2.05, 4.69) is 39.7 Å². The number of allylic oxidation sites excluding steroid dienone is 2. The number of thiol groups is 1. The van der Waals surface area contributed by atoms with Gasteiger partial charge in [0.15, 0.2) is 0 Å². The number of piperazine rings is 1. The Morgan fingerprint density at radius 1 is 1.23 bits per heavy atom. The molecule has 0 spiro atoms. The van der Waals surface area contributed by atoms with Gasteiger partial charge in [0.05, 0.1) is 16.3 Å². The van der Waals surface area contributed by atoms with E-state index in [1.54, 1.807) is 19.1 Å². The Bertz CT molecular complexity index is 767. The number of carboxylic acid groups (broad SMARTS) is 1. The van der Waals surface area contributed by atoms with Crippen LogP contribution in [0.15, 0.2) is 45.7 Å². The van der Waals surface area contributed by atoms with Crippen molar-refractivity contribution >= 4 is 28.5 Å². The van der Waals surface area contributed by atoms with E-state index in [9.17, 15) is 14.7 Å². The van der Waals surface area contributed by atoms with Crippen molar-refractivity contribution in [2.75, 3.05) is 38.5 Å². The molecule has 1 atom stereocenters. The van der Waals surface area contributed by atoms with Crippen molar-refractivity contribution in [3.63, 3.8) is 0 Å². The van der Waals surface area contributed by atoms with E-state index in [4.69, 9.17) is 0 Å². The van der Waals surface area contributed by atoms with Gasteiger partial charge >= 0.3 is 5.97 Å². The first kappa shape index (κ1) is 18.5. The number of amides is 1. The lowest BCUT2D eigenvalue weighted by atomic mass is 10.1. The zero-order valence-electron chi connectivity index (χ0n) is 15.1. The highest BCUT2D eigenvalue weighted by atomic mass is 32.2. The van der Waals surface area contributed by atoms with Gasteiger partial charge in [-0.3, -0.25) is 4.79 Å². The first-order valence-electron chi connectivity index (χ1n) is 8.78. The Morgan fingerprint density at radius 2 is 1.96 bits per heavy atom. The third-order valence-electron chi connectivity index (χ3n) is 4.66. The van der Waals surface area contributed by atoms with Crippen LogP contribution < -0.4 is 5.32 Å². The van der Waals surface area contributed by atoms with Gasteiger partial charge in [-0.25, -0.2) is 4.79 Å². The van der Waals surface area contributed by atoms with Gasteiger partial charge in [0.2, 0.25) is 5.91 Å². The van der Waals surface area contributed by atoms with E-state index in [0.717, 1.165) is 31.1 Å². The van der Waals surface area contributed by atoms with Gasteiger partial charge in [-0.2, -0.15) is 10.9 Å². The molecule has 1 saturated heterocycles. The lowest BCUT2D eigenvalue weighted by molar-refractivity contribution is -0.115. The fraction of sp³-hybridized carbons (Fsp3) is 0.368. The van der Waals surface area contributed by atoms with Gasteiger partial charge in [0, 0.05) is 32.6 Å². The highest BCUT2D eigenvalue weighted by Gasteiger charge is 2.24. The lowest BCUT2D eigenvalue weighted by Crippen LogP contribution is -2.43. The van der Waals surface area contributed by atoms with Crippen LogP contribution in [0.3, 0.4) is 0 Å². The second-order valence-corrected chi connectivity index (χ2v) is 8.48. The summed E-state index contributed by atoms with van der Waals surface area (Å²) < 4.78 is 0. The van der Waals surface area contributed by atoms with Crippen LogP contribution in [0, 0.1) is 0 Å². The molecule has 2 N–H and O–H groups in total. The predicted molar refractivity (Wildman–Crippen MR) is 106 cm³/mol. The molecule has 1 aromatic carbocycles. The quantitative estimate of drug-likeness (QED) is 0.690. The second kappa shape index (κ2) is 7.97. The molecular formula is C19H25N3O3S. The molecular weight excluding hydrogens is 350 g/mol. The Morgan fingerprint density at radius 3 is 2.62 bits per heavy atom. The molecule has 1 unspecified atom stereocenters. The largest absolute Gasteiger partial charge is 0.478 e. The minimum atomic E-state index is -1.03. The Balaban J connectivity index is 1.85. The van der Waals surface area contributed by atoms with E-state index in [-0.39, 0.29) is 11.5 Å². The molecule has 2 aliphatic rings. The van der Waals surface area contributed by atoms with Gasteiger partial charge in [0.1, 0.15) is 0 Å². The van der Waals surface area contributed by atoms with Gasteiger partial charge in [0.25, 0.3) is 0 Å². The topological polar surface area (TPSA) is 72.9 Å². The van der Waals surface area contributed by atoms with Crippen molar-refractivity contribution in [3.05, 3.63) is 46.4 Å². The number of likely N-dealkylation sites (N-methyl/N-ethyl adjacent to an activating group) is 1. The van der Waals surface area contributed by atoms with Crippen molar-refractivity contribution in [2.24, 2.45) is 0 Å². The number of carbonyl (C=O) groups is 2. The summed E-state index contributed by atoms with van der Waals surface area (Å²) in [5, 5.41) is 15.7. The summed E-state index contributed by atoms with van der Waals surface area (Å²) in [6, 6.07) is 5.35. The SMILES string of the molecule is CCC(=O)Nc1ccc([SH]2C=CC=C2N2CCN(C)CC2)cc1C(=O)O. The van der Waals surface area contributed by atoms with E-state index < -0.39 is 16.9 Å². The summed E-state index contributed by atoms with van der Waals surface area (Å²) in [6.45, 7) is 5.77. The van der Waals surface area contributed by atoms with Crippen LogP contribution in [-0.2, 0) is 4.79 Å². The number of carbonyl (C=O) groups excluding carboxylic acids is 1. The normalized spacial score (nSPS) is 21.5. The van der Waals surface area contributed by atoms with Crippen LogP contribution in [0.4, 0.5) is 5.69 Å². The average Bonchev–Trinajstić information content (AvgIpc) is 3.12. The van der Waals surface area contributed by atoms with Gasteiger partial charge in [-0.1, -0.05) is 13.0 Å². The summed E-state index contributed by atoms with van der Waals surface area (Å²) in [7, 11) is 1.42. The van der Waals surface area contributed by atoms with Crippen LogP contribution in [0.25, 0.3) is 0 Å². The summed E-state index contributed by atoms with van der Waals surface area (Å²) in [4.78, 5) is 29.0. The molecule has 2 aliphatic heterocycles. The summed E-state index contributed by atoms with van der Waals surface area (Å²) in [5.74, 6) is -1.22. The average molecular weight is 375 g/mol. The number of rotatable bonds is 5. The smallest absolute Gasteiger partial charge is 0.337 e. The first-order valence-corrected chi connectivity index (χ1v) is 10.2. The molecule has 0 bridgehead atoms. The zero-order chi connectivity index (χ0) is 18.7. The van der Waals surface area contributed by atoms with E-state index in [1.807, 2.05) is 6.07 Å². The fourth-order valence-corrected chi connectivity index (χ4v) is 5.19. The molecule has 26 heavy (non-hydrogen) atoms. The third kappa shape index (κ3) is 3.94. The number of carboxylic acids is 1. The molecule has 3 rings (SSSR count). The molecule has 0 saturated carbocycles. The highest BCUT2D eigenvalue weighted by molar-refractivity contribution is 8.23. The molecule has 0 radical (unpaired) electrons. The number of nitrogens with one attached hydrogen (secondary N) is 1. The first-order chi connectivity index (χ1) is 12.5. The molecule has 1 fully saturated rings. The molecule has 6 nitrogen and oxygen atoms in total.